The number of methoxy groups -OCH3 is 1. The molecule has 354 valence electrons. The van der Waals surface area contributed by atoms with Gasteiger partial charge in [0, 0.05) is 69.9 Å². The number of rotatable bonds is 10. The minimum Gasteiger partial charge on any atom is -0.393 e. The predicted octanol–water partition coefficient (Wildman–Crippen LogP) is 0.540. The quantitative estimate of drug-likeness (QED) is 0.117. The minimum absolute atomic E-state index is 0.0279. The second-order valence-electron chi connectivity index (χ2n) is 19.3. The highest BCUT2D eigenvalue weighted by molar-refractivity contribution is 5.80. The molecular weight excluding hydrogens is 823 g/mol. The summed E-state index contributed by atoms with van der Waals surface area (Å²) in [6.45, 7) is 7.77. The lowest BCUT2D eigenvalue weighted by Gasteiger charge is -2.61. The second-order valence-corrected chi connectivity index (χ2v) is 19.3. The van der Waals surface area contributed by atoms with E-state index in [1.807, 2.05) is 0 Å². The summed E-state index contributed by atoms with van der Waals surface area (Å²) in [6, 6.07) is 0. The molecule has 9 rings (SSSR count). The molecule has 9 fully saturated rings. The molecule has 0 spiro atoms. The molecule has 0 radical (unpaired) electrons. The lowest BCUT2D eigenvalue weighted by atomic mass is 9.61. The van der Waals surface area contributed by atoms with E-state index in [-0.39, 0.29) is 93.0 Å². The first-order valence-electron chi connectivity index (χ1n) is 23.2. The van der Waals surface area contributed by atoms with Crippen LogP contribution in [-0.2, 0) is 52.3 Å². The van der Waals surface area contributed by atoms with Crippen molar-refractivity contribution in [1.29, 1.82) is 0 Å². The number of Topliss-reactive ketones (excluding diaryl/α,β-unsaturated/α-hetero) is 1. The Hall–Kier alpha value is -2.43. The normalized spacial score (nSPS) is 43.9. The molecule has 0 aromatic heterocycles. The van der Waals surface area contributed by atoms with Crippen LogP contribution >= 0.6 is 0 Å². The number of aliphatic hydroxyl groups excluding tert-OH is 3. The fraction of sp³-hybridized carbons (Fsp3) is 0.844. The van der Waals surface area contributed by atoms with Crippen LogP contribution in [0.15, 0.2) is 24.3 Å². The Labute approximate surface area is 368 Å². The van der Waals surface area contributed by atoms with E-state index in [1.165, 1.54) is 0 Å². The van der Waals surface area contributed by atoms with Gasteiger partial charge in [-0.1, -0.05) is 13.2 Å². The summed E-state index contributed by atoms with van der Waals surface area (Å²) in [5.74, 6) is -3.59. The van der Waals surface area contributed by atoms with Crippen LogP contribution in [0.3, 0.4) is 0 Å². The van der Waals surface area contributed by atoms with E-state index in [0.29, 0.717) is 44.9 Å². The molecule has 1 unspecified atom stereocenters. The Balaban J connectivity index is 0.982. The third-order valence-electron chi connectivity index (χ3n) is 15.0. The summed E-state index contributed by atoms with van der Waals surface area (Å²) in [4.78, 5) is 38.0. The van der Waals surface area contributed by atoms with Crippen LogP contribution in [0.4, 0.5) is 0 Å². The maximum absolute atomic E-state index is 14.2. The number of ketones is 1. The smallest absolute Gasteiger partial charge is 0.276 e. The Morgan fingerprint density at radius 1 is 0.841 bits per heavy atom. The maximum Gasteiger partial charge on any atom is 0.276 e. The van der Waals surface area contributed by atoms with Crippen molar-refractivity contribution < 1.29 is 72.7 Å². The van der Waals surface area contributed by atoms with E-state index in [2.05, 4.69) is 23.8 Å². The monoisotopic (exact) mass is 891 g/mol. The van der Waals surface area contributed by atoms with Gasteiger partial charge in [0.15, 0.2) is 5.79 Å². The van der Waals surface area contributed by atoms with Crippen LogP contribution in [0.5, 0.6) is 0 Å². The zero-order valence-corrected chi connectivity index (χ0v) is 36.4. The van der Waals surface area contributed by atoms with E-state index in [1.54, 1.807) is 7.11 Å². The van der Waals surface area contributed by atoms with Gasteiger partial charge in [0.05, 0.1) is 85.9 Å². The average molecular weight is 892 g/mol. The molecule has 8 saturated heterocycles. The Morgan fingerprint density at radius 2 is 1.62 bits per heavy atom. The van der Waals surface area contributed by atoms with Crippen molar-refractivity contribution in [1.82, 2.24) is 10.6 Å². The number of nitrogens with two attached hydrogens (primary N) is 1. The van der Waals surface area contributed by atoms with E-state index < -0.39 is 85.4 Å². The Bertz CT molecular complexity index is 1670. The summed E-state index contributed by atoms with van der Waals surface area (Å²) in [5.41, 5.74) is 7.20. The van der Waals surface area contributed by atoms with E-state index >= 15 is 0 Å². The molecule has 1 aliphatic carbocycles. The van der Waals surface area contributed by atoms with Crippen molar-refractivity contribution in [2.75, 3.05) is 26.9 Å². The number of aliphatic hydroxyl groups is 4. The highest BCUT2D eigenvalue weighted by Gasteiger charge is 2.62. The molecule has 11 bridgehead atoms. The topological polar surface area (TPSA) is 256 Å². The summed E-state index contributed by atoms with van der Waals surface area (Å²) in [6.07, 6.45) is -0.718. The highest BCUT2D eigenvalue weighted by atomic mass is 16.7. The van der Waals surface area contributed by atoms with Crippen molar-refractivity contribution in [3.63, 3.8) is 0 Å². The van der Waals surface area contributed by atoms with Crippen LogP contribution in [0.25, 0.3) is 0 Å². The summed E-state index contributed by atoms with van der Waals surface area (Å²) < 4.78 is 51.0. The molecule has 2 amide bonds. The molecule has 18 heteroatoms. The fourth-order valence-electron chi connectivity index (χ4n) is 11.6. The standard InChI is InChI=1S/C45H69N3O15/c1-22-4-5-26-6-8-33-23(2)12-28(59-33)10-11-45(55)18-32(51)29-16-31-39(29)62-34-9-7-27(60-42(34)41(31)63-45)13-24(49)14-30-36(17-35(22)58-26)61-37(40(30)56-3)15-25(50)20-47-43(53)44(54)57-21-48-38(52)19-46/h25-37,39-42,44,50-51,54-55H,1-2,4-21,46H2,3H3,(H,47,53)(H,48,52)/t25-,26+,27+,28-,29-,30-,31?,32+,33-,34-,35+,36-,37+,39-,40+,41+,42-,44-,45-/m0/s1. The lowest BCUT2D eigenvalue weighted by Crippen LogP contribution is -2.70. The molecule has 8 heterocycles. The number of amides is 2. The number of carbonyl (C=O) groups is 3. The maximum atomic E-state index is 14.2. The van der Waals surface area contributed by atoms with Crippen LogP contribution in [0, 0.1) is 17.8 Å². The fourth-order valence-corrected chi connectivity index (χ4v) is 11.6. The number of fused-ring (bicyclic) bond motifs is 7. The van der Waals surface area contributed by atoms with Gasteiger partial charge in [-0.2, -0.15) is 0 Å². The third kappa shape index (κ3) is 10.7. The van der Waals surface area contributed by atoms with Gasteiger partial charge in [-0.3, -0.25) is 14.4 Å². The Morgan fingerprint density at radius 3 is 2.41 bits per heavy atom. The van der Waals surface area contributed by atoms with Gasteiger partial charge in [-0.25, -0.2) is 0 Å². The first kappa shape index (κ1) is 47.1. The summed E-state index contributed by atoms with van der Waals surface area (Å²) in [5, 5.41) is 49.4. The van der Waals surface area contributed by atoms with Gasteiger partial charge in [-0.15, -0.1) is 0 Å². The molecule has 63 heavy (non-hydrogen) atoms. The first-order valence-corrected chi connectivity index (χ1v) is 23.2. The zero-order chi connectivity index (χ0) is 44.6. The van der Waals surface area contributed by atoms with Gasteiger partial charge in [-0.05, 0) is 68.9 Å². The van der Waals surface area contributed by atoms with Crippen LogP contribution in [0.1, 0.15) is 96.3 Å². The van der Waals surface area contributed by atoms with Crippen molar-refractivity contribution in [3.8, 4) is 0 Å². The molecule has 18 nitrogen and oxygen atoms in total. The van der Waals surface area contributed by atoms with E-state index in [9.17, 15) is 34.8 Å². The molecule has 0 aromatic carbocycles. The number of nitrogens with one attached hydrogen (secondary N) is 2. The van der Waals surface area contributed by atoms with Crippen molar-refractivity contribution in [2.24, 2.45) is 23.5 Å². The molecule has 8 aliphatic heterocycles. The van der Waals surface area contributed by atoms with Crippen LogP contribution in [-0.4, -0.2) is 162 Å². The number of ether oxygens (including phenoxy) is 8. The summed E-state index contributed by atoms with van der Waals surface area (Å²) >= 11 is 0. The van der Waals surface area contributed by atoms with Gasteiger partial charge in [0.25, 0.3) is 5.91 Å². The van der Waals surface area contributed by atoms with Crippen molar-refractivity contribution >= 4 is 17.6 Å². The highest BCUT2D eigenvalue weighted by Crippen LogP contribution is 2.54. The zero-order valence-electron chi connectivity index (χ0n) is 36.4. The van der Waals surface area contributed by atoms with Crippen LogP contribution < -0.4 is 16.4 Å². The van der Waals surface area contributed by atoms with E-state index in [0.717, 1.165) is 36.8 Å². The van der Waals surface area contributed by atoms with Crippen molar-refractivity contribution in [3.05, 3.63) is 24.3 Å². The van der Waals surface area contributed by atoms with Crippen LogP contribution in [0.2, 0.25) is 0 Å². The first-order chi connectivity index (χ1) is 30.2. The van der Waals surface area contributed by atoms with Gasteiger partial charge in [0.2, 0.25) is 12.2 Å². The Kier molecular flexibility index (Phi) is 15.1. The van der Waals surface area contributed by atoms with Crippen molar-refractivity contribution in [2.45, 2.75) is 194 Å². The largest absolute Gasteiger partial charge is 0.393 e. The number of hydrogen-bond donors (Lipinski definition) is 7. The van der Waals surface area contributed by atoms with Gasteiger partial charge in [0.1, 0.15) is 18.6 Å². The molecule has 9 aliphatic rings. The molecule has 8 N–H and O–H groups in total. The molecule has 19 atom stereocenters. The molecular formula is C45H69N3O15. The SMILES string of the molecule is C=C1C[C@@H]2CC[C@@]3(O)C[C@@H](O)[C@@H]4CC5[C@H]4O[C@H]4CC[C@H](CC(=O)C[C@@H]6[C@@H](OC)[C@@H](C[C@H](O)CNC(=O)[C@@H](O)OCNC(=O)CN)O[C@H]6C[C@H]6O[C@H](CCC6=C)CC[C@@H]1O2)O[C@@H]4[C@@H]5O3. The van der Waals surface area contributed by atoms with E-state index in [4.69, 9.17) is 43.6 Å². The third-order valence-corrected chi connectivity index (χ3v) is 15.0. The minimum atomic E-state index is -1.90. The molecule has 1 saturated carbocycles. The molecule has 0 aromatic rings. The van der Waals surface area contributed by atoms with Gasteiger partial charge < -0.3 is 74.7 Å². The second kappa shape index (κ2) is 20.2. The number of carbonyl (C=O) groups excluding carboxylic acids is 3. The summed E-state index contributed by atoms with van der Waals surface area (Å²) in [7, 11) is 1.55. The number of hydrogen-bond acceptors (Lipinski definition) is 16. The predicted molar refractivity (Wildman–Crippen MR) is 221 cm³/mol. The average Bonchev–Trinajstić information content (AvgIpc) is 3.76. The van der Waals surface area contributed by atoms with Gasteiger partial charge >= 0.3 is 0 Å². The lowest BCUT2D eigenvalue weighted by molar-refractivity contribution is -0.369.